The number of anilines is 1. The van der Waals surface area contributed by atoms with Crippen LogP contribution in [0.1, 0.15) is 5.56 Å². The normalized spacial score (nSPS) is 10.8. The highest BCUT2D eigenvalue weighted by Gasteiger charge is 2.10. The van der Waals surface area contributed by atoms with E-state index in [1.165, 1.54) is 10.9 Å². The van der Waals surface area contributed by atoms with Crippen molar-refractivity contribution in [3.05, 3.63) is 98.0 Å². The molecule has 0 aliphatic rings. The van der Waals surface area contributed by atoms with Crippen LogP contribution in [0, 0.1) is 0 Å². The number of hydrogen-bond acceptors (Lipinski definition) is 4. The molecular formula is C22H14Cl3N3O3. The Labute approximate surface area is 192 Å². The Morgan fingerprint density at radius 3 is 2.48 bits per heavy atom. The second-order valence-electron chi connectivity index (χ2n) is 6.63. The maximum Gasteiger partial charge on any atom is 0.417 e. The van der Waals surface area contributed by atoms with Crippen LogP contribution in [0.2, 0.25) is 15.1 Å². The van der Waals surface area contributed by atoms with Crippen molar-refractivity contribution in [1.29, 1.82) is 0 Å². The van der Waals surface area contributed by atoms with E-state index in [-0.39, 0.29) is 12.1 Å². The molecule has 1 heterocycles. The lowest BCUT2D eigenvalue weighted by molar-refractivity contribution is 0.215. The Morgan fingerprint density at radius 1 is 0.968 bits per heavy atom. The van der Waals surface area contributed by atoms with Crippen molar-refractivity contribution in [2.24, 2.45) is 0 Å². The van der Waals surface area contributed by atoms with Gasteiger partial charge in [-0.1, -0.05) is 40.9 Å². The summed E-state index contributed by atoms with van der Waals surface area (Å²) in [5, 5.41) is 4.34. The Kier molecular flexibility index (Phi) is 6.13. The Balaban J connectivity index is 1.56. The van der Waals surface area contributed by atoms with Gasteiger partial charge < -0.3 is 4.74 Å². The van der Waals surface area contributed by atoms with E-state index in [9.17, 15) is 9.59 Å². The van der Waals surface area contributed by atoms with E-state index in [1.807, 2.05) is 0 Å². The fraction of sp³-hybridized carbons (Fsp3) is 0.0455. The van der Waals surface area contributed by atoms with E-state index in [0.717, 1.165) is 5.56 Å². The zero-order valence-electron chi connectivity index (χ0n) is 15.8. The van der Waals surface area contributed by atoms with Crippen LogP contribution in [0.3, 0.4) is 0 Å². The molecular weight excluding hydrogens is 461 g/mol. The predicted octanol–water partition coefficient (Wildman–Crippen LogP) is 6.02. The summed E-state index contributed by atoms with van der Waals surface area (Å²) in [6.07, 6.45) is 0.774. The zero-order valence-corrected chi connectivity index (χ0v) is 18.1. The summed E-state index contributed by atoms with van der Waals surface area (Å²) in [6.45, 7) is 0.273. The molecule has 0 unspecified atom stereocenters. The SMILES string of the molecule is O=C(Nc1ccc2ncn(Cc3ccc(Cl)c(Cl)c3)c(=O)c2c1)Oc1ccc(Cl)cc1. The Hall–Kier alpha value is -3.06. The van der Waals surface area contributed by atoms with Crippen LogP contribution in [-0.4, -0.2) is 15.6 Å². The summed E-state index contributed by atoms with van der Waals surface area (Å²) in [4.78, 5) is 29.4. The van der Waals surface area contributed by atoms with Crippen molar-refractivity contribution in [3.63, 3.8) is 0 Å². The first-order valence-corrected chi connectivity index (χ1v) is 10.2. The van der Waals surface area contributed by atoms with Gasteiger partial charge in [0.1, 0.15) is 5.75 Å². The first kappa shape index (κ1) is 21.2. The third kappa shape index (κ3) is 4.99. The highest BCUT2D eigenvalue weighted by molar-refractivity contribution is 6.42. The minimum absolute atomic E-state index is 0.259. The van der Waals surface area contributed by atoms with Crippen LogP contribution < -0.4 is 15.6 Å². The van der Waals surface area contributed by atoms with Crippen LogP contribution in [-0.2, 0) is 6.54 Å². The number of hydrogen-bond donors (Lipinski definition) is 1. The van der Waals surface area contributed by atoms with Crippen LogP contribution in [0.5, 0.6) is 5.75 Å². The van der Waals surface area contributed by atoms with E-state index in [1.54, 1.807) is 60.7 Å². The molecule has 0 spiro atoms. The van der Waals surface area contributed by atoms with Gasteiger partial charge in [0.15, 0.2) is 0 Å². The molecule has 9 heteroatoms. The number of amides is 1. The number of carbonyl (C=O) groups excluding carboxylic acids is 1. The van der Waals surface area contributed by atoms with Crippen LogP contribution in [0.15, 0.2) is 71.8 Å². The largest absolute Gasteiger partial charge is 0.417 e. The van der Waals surface area contributed by atoms with Gasteiger partial charge in [0.25, 0.3) is 5.56 Å². The number of halogens is 3. The standard InChI is InChI=1S/C22H14Cl3N3O3/c23-14-2-5-16(6-3-14)31-22(30)27-15-4-8-20-17(10-15)21(29)28(12-26-20)11-13-1-7-18(24)19(25)9-13/h1-10,12H,11H2,(H,27,30). The molecule has 31 heavy (non-hydrogen) atoms. The van der Waals surface area contributed by atoms with Crippen molar-refractivity contribution < 1.29 is 9.53 Å². The summed E-state index contributed by atoms with van der Waals surface area (Å²) in [7, 11) is 0. The lowest BCUT2D eigenvalue weighted by Crippen LogP contribution is -2.22. The molecule has 0 saturated heterocycles. The van der Waals surface area contributed by atoms with Crippen LogP contribution in [0.4, 0.5) is 10.5 Å². The highest BCUT2D eigenvalue weighted by Crippen LogP contribution is 2.23. The van der Waals surface area contributed by atoms with E-state index < -0.39 is 6.09 Å². The number of rotatable bonds is 4. The molecule has 3 aromatic carbocycles. The average molecular weight is 475 g/mol. The molecule has 1 amide bonds. The fourth-order valence-corrected chi connectivity index (χ4v) is 3.38. The number of nitrogens with one attached hydrogen (secondary N) is 1. The molecule has 0 atom stereocenters. The number of benzene rings is 3. The second-order valence-corrected chi connectivity index (χ2v) is 7.88. The number of aromatic nitrogens is 2. The average Bonchev–Trinajstić information content (AvgIpc) is 2.75. The van der Waals surface area contributed by atoms with Gasteiger partial charge in [-0.05, 0) is 60.2 Å². The molecule has 4 rings (SSSR count). The summed E-state index contributed by atoms with van der Waals surface area (Å²) >= 11 is 17.8. The maximum absolute atomic E-state index is 13.0. The van der Waals surface area contributed by atoms with Gasteiger partial charge in [0.05, 0.1) is 33.8 Å². The minimum atomic E-state index is -0.693. The van der Waals surface area contributed by atoms with E-state index in [4.69, 9.17) is 39.5 Å². The number of nitrogens with zero attached hydrogens (tertiary/aromatic N) is 2. The van der Waals surface area contributed by atoms with Gasteiger partial charge in [0.2, 0.25) is 0 Å². The first-order chi connectivity index (χ1) is 14.9. The molecule has 0 radical (unpaired) electrons. The second kappa shape index (κ2) is 8.98. The highest BCUT2D eigenvalue weighted by atomic mass is 35.5. The van der Waals surface area contributed by atoms with Crippen LogP contribution >= 0.6 is 34.8 Å². The van der Waals surface area contributed by atoms with Crippen molar-refractivity contribution >= 4 is 57.5 Å². The maximum atomic E-state index is 13.0. The number of ether oxygens (including phenoxy) is 1. The van der Waals surface area contributed by atoms with Gasteiger partial charge in [-0.15, -0.1) is 0 Å². The smallest absolute Gasteiger partial charge is 0.410 e. The van der Waals surface area contributed by atoms with Crippen LogP contribution in [0.25, 0.3) is 10.9 Å². The Bertz CT molecular complexity index is 1340. The molecule has 0 bridgehead atoms. The van der Waals surface area contributed by atoms with Crippen molar-refractivity contribution in [1.82, 2.24) is 9.55 Å². The third-order valence-corrected chi connectivity index (χ3v) is 5.42. The lowest BCUT2D eigenvalue weighted by Gasteiger charge is -2.10. The number of fused-ring (bicyclic) bond motifs is 1. The van der Waals surface area contributed by atoms with Gasteiger partial charge in [-0.3, -0.25) is 14.7 Å². The van der Waals surface area contributed by atoms with E-state index >= 15 is 0 Å². The first-order valence-electron chi connectivity index (χ1n) is 9.06. The topological polar surface area (TPSA) is 73.2 Å². The summed E-state index contributed by atoms with van der Waals surface area (Å²) in [5.41, 5.74) is 1.45. The molecule has 1 N–H and O–H groups in total. The predicted molar refractivity (Wildman–Crippen MR) is 123 cm³/mol. The molecule has 0 fully saturated rings. The molecule has 0 aliphatic carbocycles. The van der Waals surface area contributed by atoms with Gasteiger partial charge in [-0.2, -0.15) is 0 Å². The quantitative estimate of drug-likeness (QED) is 0.393. The molecule has 0 aliphatic heterocycles. The monoisotopic (exact) mass is 473 g/mol. The van der Waals surface area contributed by atoms with E-state index in [0.29, 0.717) is 37.4 Å². The third-order valence-electron chi connectivity index (χ3n) is 4.43. The van der Waals surface area contributed by atoms with Crippen molar-refractivity contribution in [3.8, 4) is 5.75 Å². The van der Waals surface area contributed by atoms with Gasteiger partial charge in [0, 0.05) is 10.7 Å². The Morgan fingerprint density at radius 2 is 1.74 bits per heavy atom. The van der Waals surface area contributed by atoms with E-state index in [2.05, 4.69) is 10.3 Å². The summed E-state index contributed by atoms with van der Waals surface area (Å²) in [5.74, 6) is 0.341. The molecule has 4 aromatic rings. The van der Waals surface area contributed by atoms with Gasteiger partial charge in [-0.25, -0.2) is 9.78 Å². The summed E-state index contributed by atoms with van der Waals surface area (Å²) in [6, 6.07) is 16.4. The molecule has 156 valence electrons. The fourth-order valence-electron chi connectivity index (χ4n) is 2.94. The molecule has 6 nitrogen and oxygen atoms in total. The molecule has 1 aromatic heterocycles. The number of carbonyl (C=O) groups is 1. The molecule has 0 saturated carbocycles. The zero-order chi connectivity index (χ0) is 22.0. The van der Waals surface area contributed by atoms with Crippen molar-refractivity contribution in [2.45, 2.75) is 6.54 Å². The van der Waals surface area contributed by atoms with Crippen molar-refractivity contribution in [2.75, 3.05) is 5.32 Å². The lowest BCUT2D eigenvalue weighted by atomic mass is 10.2. The van der Waals surface area contributed by atoms with Gasteiger partial charge >= 0.3 is 6.09 Å². The summed E-state index contributed by atoms with van der Waals surface area (Å²) < 4.78 is 6.66. The minimum Gasteiger partial charge on any atom is -0.410 e.